The number of carbonyl (C=O) groups excluding carboxylic acids is 1. The van der Waals surface area contributed by atoms with Crippen molar-refractivity contribution in [3.8, 4) is 0 Å². The van der Waals surface area contributed by atoms with E-state index in [-0.39, 0.29) is 11.9 Å². The van der Waals surface area contributed by atoms with Gasteiger partial charge >= 0.3 is 6.01 Å². The van der Waals surface area contributed by atoms with Crippen molar-refractivity contribution in [1.82, 2.24) is 10.2 Å². The van der Waals surface area contributed by atoms with Gasteiger partial charge in [-0.25, -0.2) is 0 Å². The highest BCUT2D eigenvalue weighted by molar-refractivity contribution is 6.03. The topological polar surface area (TPSA) is 80.0 Å². The maximum Gasteiger partial charge on any atom is 0.322 e. The Labute approximate surface area is 110 Å². The molecule has 1 aliphatic heterocycles. The molecule has 2 aromatic rings. The highest BCUT2D eigenvalue weighted by Gasteiger charge is 2.14. The van der Waals surface area contributed by atoms with Crippen molar-refractivity contribution in [2.45, 2.75) is 19.8 Å². The molecule has 6 heteroatoms. The number of nitrogens with zero attached hydrogens (tertiary/aromatic N) is 2. The lowest BCUT2D eigenvalue weighted by atomic mass is 10.0. The number of fused-ring (bicyclic) bond motifs is 1. The predicted octanol–water partition coefficient (Wildman–Crippen LogP) is 1.99. The van der Waals surface area contributed by atoms with Gasteiger partial charge in [0, 0.05) is 24.7 Å². The summed E-state index contributed by atoms with van der Waals surface area (Å²) >= 11 is 0. The maximum atomic E-state index is 12.0. The Kier molecular flexibility index (Phi) is 2.91. The van der Waals surface area contributed by atoms with Gasteiger partial charge in [0.2, 0.25) is 5.89 Å². The summed E-state index contributed by atoms with van der Waals surface area (Å²) in [5.41, 5.74) is 2.87. The van der Waals surface area contributed by atoms with Crippen LogP contribution in [0, 0.1) is 6.92 Å². The van der Waals surface area contributed by atoms with Crippen LogP contribution in [0.2, 0.25) is 0 Å². The molecule has 6 nitrogen and oxygen atoms in total. The van der Waals surface area contributed by atoms with Gasteiger partial charge in [0.1, 0.15) is 0 Å². The minimum Gasteiger partial charge on any atom is -0.408 e. The van der Waals surface area contributed by atoms with Crippen molar-refractivity contribution in [2.24, 2.45) is 0 Å². The highest BCUT2D eigenvalue weighted by Crippen LogP contribution is 2.23. The fraction of sp³-hybridized carbons (Fsp3) is 0.308. The van der Waals surface area contributed by atoms with E-state index in [1.165, 1.54) is 5.56 Å². The Morgan fingerprint density at radius 1 is 1.42 bits per heavy atom. The van der Waals surface area contributed by atoms with Gasteiger partial charge in [0.25, 0.3) is 5.91 Å². The smallest absolute Gasteiger partial charge is 0.322 e. The standard InChI is InChI=1S/C13H14N4O2/c1-8-16-17-13(19-8)15-12(18)10-4-5-11-9(7-10)3-2-6-14-11/h4-5,7,14H,2-3,6H2,1H3,(H,15,17,18). The Morgan fingerprint density at radius 3 is 3.11 bits per heavy atom. The first-order valence-electron chi connectivity index (χ1n) is 6.20. The van der Waals surface area contributed by atoms with E-state index in [2.05, 4.69) is 20.8 Å². The number of anilines is 2. The molecule has 0 bridgehead atoms. The van der Waals surface area contributed by atoms with Gasteiger partial charge in [-0.1, -0.05) is 5.10 Å². The quantitative estimate of drug-likeness (QED) is 0.861. The summed E-state index contributed by atoms with van der Waals surface area (Å²) < 4.78 is 5.12. The van der Waals surface area contributed by atoms with Crippen LogP contribution in [0.1, 0.15) is 28.2 Å². The van der Waals surface area contributed by atoms with E-state index in [0.29, 0.717) is 11.5 Å². The van der Waals surface area contributed by atoms with E-state index in [9.17, 15) is 4.79 Å². The van der Waals surface area contributed by atoms with Crippen LogP contribution >= 0.6 is 0 Å². The number of aryl methyl sites for hydroxylation is 2. The number of hydrogen-bond donors (Lipinski definition) is 2. The molecule has 2 heterocycles. The molecule has 1 amide bonds. The van der Waals surface area contributed by atoms with E-state index in [1.807, 2.05) is 12.1 Å². The Bertz CT molecular complexity index is 621. The van der Waals surface area contributed by atoms with E-state index < -0.39 is 0 Å². The first-order chi connectivity index (χ1) is 9.22. The number of carbonyl (C=O) groups is 1. The van der Waals surface area contributed by atoms with Crippen molar-refractivity contribution in [1.29, 1.82) is 0 Å². The SMILES string of the molecule is Cc1nnc(NC(=O)c2ccc3c(c2)CCCN3)o1. The number of hydrogen-bond acceptors (Lipinski definition) is 5. The van der Waals surface area contributed by atoms with Crippen LogP contribution in [0.25, 0.3) is 0 Å². The molecule has 1 aliphatic rings. The summed E-state index contributed by atoms with van der Waals surface area (Å²) in [7, 11) is 0. The Hall–Kier alpha value is -2.37. The van der Waals surface area contributed by atoms with Crippen LogP contribution in [-0.4, -0.2) is 22.6 Å². The molecule has 0 atom stereocenters. The second-order valence-corrected chi connectivity index (χ2v) is 4.48. The molecule has 1 aromatic heterocycles. The lowest BCUT2D eigenvalue weighted by Gasteiger charge is -2.18. The Morgan fingerprint density at radius 2 is 2.32 bits per heavy atom. The number of amides is 1. The zero-order valence-electron chi connectivity index (χ0n) is 10.6. The number of benzene rings is 1. The highest BCUT2D eigenvalue weighted by atomic mass is 16.4. The van der Waals surface area contributed by atoms with Crippen LogP contribution in [0.3, 0.4) is 0 Å². The van der Waals surface area contributed by atoms with Crippen LogP contribution in [0.15, 0.2) is 22.6 Å². The average Bonchev–Trinajstić information content (AvgIpc) is 2.83. The molecule has 1 aromatic carbocycles. The third-order valence-electron chi connectivity index (χ3n) is 3.05. The summed E-state index contributed by atoms with van der Waals surface area (Å²) in [4.78, 5) is 12.0. The van der Waals surface area contributed by atoms with Crippen molar-refractivity contribution >= 4 is 17.6 Å². The van der Waals surface area contributed by atoms with E-state index >= 15 is 0 Å². The van der Waals surface area contributed by atoms with E-state index in [0.717, 1.165) is 25.1 Å². The molecule has 0 saturated heterocycles. The first-order valence-corrected chi connectivity index (χ1v) is 6.20. The minimum absolute atomic E-state index is 0.123. The summed E-state index contributed by atoms with van der Waals surface area (Å²) in [5, 5.41) is 13.3. The fourth-order valence-corrected chi connectivity index (χ4v) is 2.13. The molecule has 3 rings (SSSR count). The molecule has 19 heavy (non-hydrogen) atoms. The zero-order valence-corrected chi connectivity index (χ0v) is 10.6. The first kappa shape index (κ1) is 11.7. The van der Waals surface area contributed by atoms with Gasteiger partial charge in [-0.2, -0.15) is 0 Å². The van der Waals surface area contributed by atoms with Crippen molar-refractivity contribution in [3.63, 3.8) is 0 Å². The van der Waals surface area contributed by atoms with Gasteiger partial charge in [-0.05, 0) is 36.6 Å². The number of nitrogens with one attached hydrogen (secondary N) is 2. The monoisotopic (exact) mass is 258 g/mol. The van der Waals surface area contributed by atoms with Crippen LogP contribution in [0.5, 0.6) is 0 Å². The normalized spacial score (nSPS) is 13.5. The van der Waals surface area contributed by atoms with Gasteiger partial charge in [0.05, 0.1) is 0 Å². The molecular weight excluding hydrogens is 244 g/mol. The maximum absolute atomic E-state index is 12.0. The lowest BCUT2D eigenvalue weighted by Crippen LogP contribution is -2.15. The van der Waals surface area contributed by atoms with Crippen LogP contribution < -0.4 is 10.6 Å². The van der Waals surface area contributed by atoms with Gasteiger partial charge in [-0.3, -0.25) is 10.1 Å². The molecule has 0 aliphatic carbocycles. The van der Waals surface area contributed by atoms with E-state index in [1.54, 1.807) is 13.0 Å². The molecule has 2 N–H and O–H groups in total. The molecule has 0 spiro atoms. The lowest BCUT2D eigenvalue weighted by molar-refractivity contribution is 0.102. The Balaban J connectivity index is 1.80. The fourth-order valence-electron chi connectivity index (χ4n) is 2.13. The molecule has 0 unspecified atom stereocenters. The van der Waals surface area contributed by atoms with Crippen molar-refractivity contribution in [2.75, 3.05) is 17.2 Å². The van der Waals surface area contributed by atoms with Gasteiger partial charge in [-0.15, -0.1) is 5.10 Å². The zero-order chi connectivity index (χ0) is 13.2. The average molecular weight is 258 g/mol. The van der Waals surface area contributed by atoms with Crippen LogP contribution in [-0.2, 0) is 6.42 Å². The van der Waals surface area contributed by atoms with Crippen LogP contribution in [0.4, 0.5) is 11.7 Å². The number of rotatable bonds is 2. The predicted molar refractivity (Wildman–Crippen MR) is 70.2 cm³/mol. The van der Waals surface area contributed by atoms with Gasteiger partial charge < -0.3 is 9.73 Å². The largest absolute Gasteiger partial charge is 0.408 e. The molecular formula is C13H14N4O2. The van der Waals surface area contributed by atoms with Crippen molar-refractivity contribution < 1.29 is 9.21 Å². The third kappa shape index (κ3) is 2.42. The third-order valence-corrected chi connectivity index (χ3v) is 3.05. The molecule has 0 radical (unpaired) electrons. The summed E-state index contributed by atoms with van der Waals surface area (Å²) in [5.74, 6) is 0.182. The molecule has 98 valence electrons. The van der Waals surface area contributed by atoms with Gasteiger partial charge in [0.15, 0.2) is 0 Å². The minimum atomic E-state index is -0.239. The summed E-state index contributed by atoms with van der Waals surface area (Å²) in [6.45, 7) is 2.66. The molecule has 0 fully saturated rings. The van der Waals surface area contributed by atoms with E-state index in [4.69, 9.17) is 4.42 Å². The molecule has 0 saturated carbocycles. The summed E-state index contributed by atoms with van der Waals surface area (Å²) in [6.07, 6.45) is 2.07. The summed E-state index contributed by atoms with van der Waals surface area (Å²) in [6, 6.07) is 5.75. The van der Waals surface area contributed by atoms with Crippen molar-refractivity contribution in [3.05, 3.63) is 35.2 Å². The second kappa shape index (κ2) is 4.72. The number of aromatic nitrogens is 2. The second-order valence-electron chi connectivity index (χ2n) is 4.48.